The molecule has 1 fully saturated rings. The van der Waals surface area contributed by atoms with Crippen LogP contribution in [0.1, 0.15) is 6.42 Å². The molecule has 0 aliphatic carbocycles. The molecule has 0 bridgehead atoms. The number of hydrogen-bond donors (Lipinski definition) is 1. The van der Waals surface area contributed by atoms with Gasteiger partial charge in [-0.3, -0.25) is 0 Å². The maximum Gasteiger partial charge on any atom is 0.108 e. The lowest BCUT2D eigenvalue weighted by Gasteiger charge is -2.11. The highest BCUT2D eigenvalue weighted by Crippen LogP contribution is 2.18. The molecule has 1 N–H and O–H groups in total. The quantitative estimate of drug-likeness (QED) is 0.620. The third-order valence-corrected chi connectivity index (χ3v) is 2.44. The summed E-state index contributed by atoms with van der Waals surface area (Å²) in [4.78, 5) is 0. The summed E-state index contributed by atoms with van der Waals surface area (Å²) in [7, 11) is 1.27. The van der Waals surface area contributed by atoms with Crippen molar-refractivity contribution in [1.29, 1.82) is 0 Å². The zero-order valence-corrected chi connectivity index (χ0v) is 8.30. The van der Waals surface area contributed by atoms with Gasteiger partial charge in [0.1, 0.15) is 6.10 Å². The second-order valence-corrected chi connectivity index (χ2v) is 3.55. The van der Waals surface area contributed by atoms with E-state index in [1.165, 1.54) is 9.21 Å². The van der Waals surface area contributed by atoms with Crippen molar-refractivity contribution < 1.29 is 14.0 Å². The minimum absolute atomic E-state index is 0.109. The summed E-state index contributed by atoms with van der Waals surface area (Å²) >= 11 is 2.04. The predicted molar refractivity (Wildman–Crippen MR) is 47.9 cm³/mol. The molecule has 10 heavy (non-hydrogen) atoms. The van der Waals surface area contributed by atoms with Gasteiger partial charge in [-0.1, -0.05) is 0 Å². The molecule has 1 rings (SSSR count). The Morgan fingerprint density at radius 3 is 3.10 bits per heavy atom. The van der Waals surface area contributed by atoms with Crippen molar-refractivity contribution >= 4 is 30.4 Å². The highest BCUT2D eigenvalue weighted by Gasteiger charge is 2.26. The Balaban J connectivity index is 2.14. The summed E-state index contributed by atoms with van der Waals surface area (Å²) in [6.45, 7) is 1.13. The molecule has 0 aromatic rings. The van der Waals surface area contributed by atoms with E-state index in [0.29, 0.717) is 13.2 Å². The normalized spacial score (nSPS) is 33.0. The van der Waals surface area contributed by atoms with E-state index in [1.54, 1.807) is 0 Å². The standard InChI is InChI=1S/C5H9IO3S/c6-10-9-3-5-4(7)1-2-8-5/h4-5,7H,1-3H2. The fourth-order valence-electron chi connectivity index (χ4n) is 0.889. The Bertz CT molecular complexity index is 103. The molecule has 0 amide bonds. The van der Waals surface area contributed by atoms with Crippen LogP contribution in [-0.2, 0) is 8.92 Å². The minimum Gasteiger partial charge on any atom is -0.390 e. The lowest BCUT2D eigenvalue weighted by Crippen LogP contribution is -2.24. The van der Waals surface area contributed by atoms with Gasteiger partial charge in [0.05, 0.1) is 21.9 Å². The Morgan fingerprint density at radius 1 is 1.80 bits per heavy atom. The minimum atomic E-state index is -0.330. The number of hydrogen-bond acceptors (Lipinski definition) is 4. The van der Waals surface area contributed by atoms with E-state index in [-0.39, 0.29) is 12.2 Å². The molecule has 0 saturated carbocycles. The van der Waals surface area contributed by atoms with Crippen molar-refractivity contribution in [2.75, 3.05) is 13.2 Å². The molecule has 1 aliphatic heterocycles. The first-order valence-electron chi connectivity index (χ1n) is 3.04. The number of aliphatic hydroxyl groups excluding tert-OH is 1. The van der Waals surface area contributed by atoms with Gasteiger partial charge in [-0.2, -0.15) is 0 Å². The van der Waals surface area contributed by atoms with Crippen LogP contribution in [0.2, 0.25) is 0 Å². The van der Waals surface area contributed by atoms with Gasteiger partial charge in [0, 0.05) is 27.8 Å². The Kier molecular flexibility index (Phi) is 4.31. The monoisotopic (exact) mass is 276 g/mol. The smallest absolute Gasteiger partial charge is 0.108 e. The molecule has 2 atom stereocenters. The van der Waals surface area contributed by atoms with Crippen molar-refractivity contribution in [3.8, 4) is 0 Å². The van der Waals surface area contributed by atoms with Crippen molar-refractivity contribution in [3.05, 3.63) is 0 Å². The van der Waals surface area contributed by atoms with Gasteiger partial charge in [0.15, 0.2) is 0 Å². The molecule has 1 aliphatic rings. The summed E-state index contributed by atoms with van der Waals surface area (Å²) in [5, 5.41) is 9.20. The summed E-state index contributed by atoms with van der Waals surface area (Å²) < 4.78 is 10.2. The molecule has 0 spiro atoms. The molecule has 0 aromatic carbocycles. The molecule has 60 valence electrons. The van der Waals surface area contributed by atoms with Crippen molar-refractivity contribution in [2.24, 2.45) is 0 Å². The van der Waals surface area contributed by atoms with Crippen LogP contribution in [-0.4, -0.2) is 30.5 Å². The average molecular weight is 276 g/mol. The maximum atomic E-state index is 9.20. The Morgan fingerprint density at radius 2 is 2.60 bits per heavy atom. The number of aliphatic hydroxyl groups is 1. The summed E-state index contributed by atoms with van der Waals surface area (Å²) in [5.74, 6) is 0. The van der Waals surface area contributed by atoms with Gasteiger partial charge in [0.25, 0.3) is 0 Å². The number of ether oxygens (including phenoxy) is 1. The molecular formula is C5H9IO3S. The van der Waals surface area contributed by atoms with Gasteiger partial charge >= 0.3 is 0 Å². The van der Waals surface area contributed by atoms with E-state index >= 15 is 0 Å². The number of rotatable bonds is 3. The van der Waals surface area contributed by atoms with Crippen LogP contribution in [0.15, 0.2) is 0 Å². The maximum absolute atomic E-state index is 9.20. The topological polar surface area (TPSA) is 38.7 Å². The lowest BCUT2D eigenvalue weighted by atomic mass is 10.2. The number of halogens is 1. The first-order valence-corrected chi connectivity index (χ1v) is 6.33. The van der Waals surface area contributed by atoms with Gasteiger partial charge in [-0.15, -0.1) is 0 Å². The molecular weight excluding hydrogens is 267 g/mol. The van der Waals surface area contributed by atoms with Crippen molar-refractivity contribution in [1.82, 2.24) is 0 Å². The summed E-state index contributed by atoms with van der Waals surface area (Å²) in [6, 6.07) is 0. The van der Waals surface area contributed by atoms with Crippen LogP contribution in [0.3, 0.4) is 0 Å². The Hall–Kier alpha value is 0.960. The second kappa shape index (κ2) is 4.76. The van der Waals surface area contributed by atoms with Gasteiger partial charge in [-0.25, -0.2) is 0 Å². The zero-order valence-electron chi connectivity index (χ0n) is 5.33. The lowest BCUT2D eigenvalue weighted by molar-refractivity contribution is 0.0163. The fourth-order valence-corrected chi connectivity index (χ4v) is 1.52. The first kappa shape index (κ1) is 9.05. The summed E-state index contributed by atoms with van der Waals surface area (Å²) in [5.41, 5.74) is 0. The SMILES string of the molecule is OC1CCOC1COSI. The first-order chi connectivity index (χ1) is 4.84. The molecule has 2 unspecified atom stereocenters. The zero-order chi connectivity index (χ0) is 7.40. The van der Waals surface area contributed by atoms with Crippen LogP contribution >= 0.6 is 30.4 Å². The van der Waals surface area contributed by atoms with Gasteiger partial charge in [-0.05, 0) is 6.42 Å². The van der Waals surface area contributed by atoms with Crippen LogP contribution in [0.5, 0.6) is 0 Å². The highest BCUT2D eigenvalue weighted by molar-refractivity contribution is 14.2. The average Bonchev–Trinajstić information content (AvgIpc) is 2.31. The predicted octanol–water partition coefficient (Wildman–Crippen LogP) is 1.15. The van der Waals surface area contributed by atoms with Crippen LogP contribution in [0, 0.1) is 0 Å². The van der Waals surface area contributed by atoms with E-state index in [4.69, 9.17) is 8.92 Å². The van der Waals surface area contributed by atoms with Crippen LogP contribution in [0.25, 0.3) is 0 Å². The van der Waals surface area contributed by atoms with E-state index in [1.807, 2.05) is 21.2 Å². The Labute approximate surface area is 76.3 Å². The van der Waals surface area contributed by atoms with E-state index in [9.17, 15) is 5.11 Å². The van der Waals surface area contributed by atoms with Crippen LogP contribution < -0.4 is 0 Å². The van der Waals surface area contributed by atoms with Gasteiger partial charge in [0.2, 0.25) is 0 Å². The molecule has 0 radical (unpaired) electrons. The van der Waals surface area contributed by atoms with E-state index < -0.39 is 0 Å². The summed E-state index contributed by atoms with van der Waals surface area (Å²) in [6.07, 6.45) is 0.297. The third kappa shape index (κ3) is 2.54. The molecule has 1 heterocycles. The molecule has 5 heteroatoms. The third-order valence-electron chi connectivity index (χ3n) is 1.45. The van der Waals surface area contributed by atoms with Crippen LogP contribution in [0.4, 0.5) is 0 Å². The molecule has 1 saturated heterocycles. The second-order valence-electron chi connectivity index (χ2n) is 2.11. The van der Waals surface area contributed by atoms with Crippen molar-refractivity contribution in [2.45, 2.75) is 18.6 Å². The molecule has 0 aromatic heterocycles. The van der Waals surface area contributed by atoms with E-state index in [0.717, 1.165) is 6.42 Å². The molecule has 3 nitrogen and oxygen atoms in total. The van der Waals surface area contributed by atoms with Gasteiger partial charge < -0.3 is 14.0 Å². The van der Waals surface area contributed by atoms with E-state index in [2.05, 4.69) is 0 Å². The highest BCUT2D eigenvalue weighted by atomic mass is 127. The fraction of sp³-hybridized carbons (Fsp3) is 1.00. The van der Waals surface area contributed by atoms with Crippen molar-refractivity contribution in [3.63, 3.8) is 0 Å². The largest absolute Gasteiger partial charge is 0.390 e.